The Morgan fingerprint density at radius 1 is 1.15 bits per heavy atom. The number of anilines is 1. The molecule has 0 saturated carbocycles. The van der Waals surface area contributed by atoms with E-state index in [-0.39, 0.29) is 0 Å². The average Bonchev–Trinajstić information content (AvgIpc) is 2.80. The SMILES string of the molecule is Cc1cc(-c2noc(N)c2-c2cccc(Br)c2)ccn1. The molecule has 1 aromatic carbocycles. The second-order valence-electron chi connectivity index (χ2n) is 4.47. The largest absolute Gasteiger partial charge is 0.367 e. The number of pyridine rings is 1. The molecule has 0 fully saturated rings. The lowest BCUT2D eigenvalue weighted by Crippen LogP contribution is -1.89. The van der Waals surface area contributed by atoms with E-state index in [0.29, 0.717) is 5.88 Å². The highest BCUT2D eigenvalue weighted by molar-refractivity contribution is 9.10. The van der Waals surface area contributed by atoms with Gasteiger partial charge in [-0.15, -0.1) is 0 Å². The van der Waals surface area contributed by atoms with Crippen molar-refractivity contribution in [3.8, 4) is 22.4 Å². The Labute approximate surface area is 124 Å². The van der Waals surface area contributed by atoms with Gasteiger partial charge in [0.2, 0.25) is 5.88 Å². The molecule has 0 unspecified atom stereocenters. The summed E-state index contributed by atoms with van der Waals surface area (Å²) in [5, 5.41) is 4.09. The molecule has 2 N–H and O–H groups in total. The van der Waals surface area contributed by atoms with Crippen LogP contribution in [-0.2, 0) is 0 Å². The van der Waals surface area contributed by atoms with Crippen LogP contribution in [0.4, 0.5) is 5.88 Å². The Bertz CT molecular complexity index is 767. The number of nitrogens with two attached hydrogens (primary N) is 1. The number of rotatable bonds is 2. The van der Waals surface area contributed by atoms with E-state index >= 15 is 0 Å². The van der Waals surface area contributed by atoms with Crippen LogP contribution in [0.15, 0.2) is 51.6 Å². The van der Waals surface area contributed by atoms with Crippen LogP contribution in [0.2, 0.25) is 0 Å². The zero-order chi connectivity index (χ0) is 14.1. The van der Waals surface area contributed by atoms with Crippen molar-refractivity contribution >= 4 is 21.8 Å². The van der Waals surface area contributed by atoms with Crippen molar-refractivity contribution < 1.29 is 4.52 Å². The molecular formula is C15H12BrN3O. The summed E-state index contributed by atoms with van der Waals surface area (Å²) in [6.07, 6.45) is 1.75. The molecule has 0 atom stereocenters. The van der Waals surface area contributed by atoms with Gasteiger partial charge in [-0.3, -0.25) is 4.98 Å². The summed E-state index contributed by atoms with van der Waals surface area (Å²) < 4.78 is 6.16. The molecule has 0 aliphatic heterocycles. The Morgan fingerprint density at radius 3 is 2.75 bits per heavy atom. The Kier molecular flexibility index (Phi) is 3.28. The number of nitrogens with zero attached hydrogens (tertiary/aromatic N) is 2. The maximum atomic E-state index is 5.94. The fourth-order valence-electron chi connectivity index (χ4n) is 2.12. The molecule has 0 aliphatic carbocycles. The monoisotopic (exact) mass is 329 g/mol. The number of aryl methyl sites for hydroxylation is 1. The zero-order valence-corrected chi connectivity index (χ0v) is 12.4. The van der Waals surface area contributed by atoms with E-state index in [0.717, 1.165) is 32.6 Å². The molecule has 0 radical (unpaired) electrons. The third-order valence-corrected chi connectivity index (χ3v) is 3.50. The molecule has 2 heterocycles. The van der Waals surface area contributed by atoms with Crippen LogP contribution in [0.3, 0.4) is 0 Å². The topological polar surface area (TPSA) is 64.9 Å². The second kappa shape index (κ2) is 5.09. The Morgan fingerprint density at radius 2 is 2.00 bits per heavy atom. The highest BCUT2D eigenvalue weighted by Gasteiger charge is 2.17. The van der Waals surface area contributed by atoms with Gasteiger partial charge in [-0.25, -0.2) is 0 Å². The van der Waals surface area contributed by atoms with Crippen molar-refractivity contribution in [2.45, 2.75) is 6.92 Å². The highest BCUT2D eigenvalue weighted by atomic mass is 79.9. The predicted octanol–water partition coefficient (Wildman–Crippen LogP) is 4.06. The highest BCUT2D eigenvalue weighted by Crippen LogP contribution is 2.36. The van der Waals surface area contributed by atoms with Crippen LogP contribution in [0.25, 0.3) is 22.4 Å². The lowest BCUT2D eigenvalue weighted by Gasteiger charge is -2.04. The lowest BCUT2D eigenvalue weighted by atomic mass is 10.0. The average molecular weight is 330 g/mol. The van der Waals surface area contributed by atoms with Crippen molar-refractivity contribution in [2.75, 3.05) is 5.73 Å². The molecule has 2 aromatic heterocycles. The molecule has 5 heteroatoms. The molecule has 0 amide bonds. The van der Waals surface area contributed by atoms with Crippen LogP contribution in [0.5, 0.6) is 0 Å². The molecule has 0 aliphatic rings. The van der Waals surface area contributed by atoms with Crippen molar-refractivity contribution in [1.29, 1.82) is 0 Å². The smallest absolute Gasteiger partial charge is 0.230 e. The Hall–Kier alpha value is -2.14. The summed E-state index contributed by atoms with van der Waals surface area (Å²) in [6, 6.07) is 11.7. The third kappa shape index (κ3) is 2.32. The van der Waals surface area contributed by atoms with Gasteiger partial charge in [0.1, 0.15) is 5.69 Å². The van der Waals surface area contributed by atoms with Crippen molar-refractivity contribution in [3.63, 3.8) is 0 Å². The number of benzene rings is 1. The van der Waals surface area contributed by atoms with Gasteiger partial charge in [-0.1, -0.05) is 33.2 Å². The van der Waals surface area contributed by atoms with E-state index in [1.807, 2.05) is 43.3 Å². The summed E-state index contributed by atoms with van der Waals surface area (Å²) >= 11 is 3.46. The number of nitrogen functional groups attached to an aromatic ring is 1. The number of halogens is 1. The van der Waals surface area contributed by atoms with Gasteiger partial charge < -0.3 is 10.3 Å². The van der Waals surface area contributed by atoms with Gasteiger partial charge in [0.05, 0.1) is 5.56 Å². The van der Waals surface area contributed by atoms with E-state index in [1.54, 1.807) is 6.20 Å². The first-order valence-electron chi connectivity index (χ1n) is 6.09. The minimum atomic E-state index is 0.313. The molecule has 100 valence electrons. The summed E-state index contributed by atoms with van der Waals surface area (Å²) in [7, 11) is 0. The maximum absolute atomic E-state index is 5.94. The number of hydrogen-bond acceptors (Lipinski definition) is 4. The molecule has 4 nitrogen and oxygen atoms in total. The lowest BCUT2D eigenvalue weighted by molar-refractivity contribution is 0.439. The minimum absolute atomic E-state index is 0.313. The van der Waals surface area contributed by atoms with Gasteiger partial charge in [0, 0.05) is 21.9 Å². The van der Waals surface area contributed by atoms with Gasteiger partial charge in [0.25, 0.3) is 0 Å². The number of aromatic nitrogens is 2. The molecule has 20 heavy (non-hydrogen) atoms. The van der Waals surface area contributed by atoms with Crippen LogP contribution in [0.1, 0.15) is 5.69 Å². The van der Waals surface area contributed by atoms with Gasteiger partial charge in [-0.2, -0.15) is 0 Å². The molecule has 0 spiro atoms. The van der Waals surface area contributed by atoms with Crippen LogP contribution in [0, 0.1) is 6.92 Å². The molecule has 3 aromatic rings. The third-order valence-electron chi connectivity index (χ3n) is 3.00. The van der Waals surface area contributed by atoms with Crippen molar-refractivity contribution in [3.05, 3.63) is 52.8 Å². The van der Waals surface area contributed by atoms with Crippen molar-refractivity contribution in [2.24, 2.45) is 0 Å². The molecular weight excluding hydrogens is 318 g/mol. The fourth-order valence-corrected chi connectivity index (χ4v) is 2.51. The standard InChI is InChI=1S/C15H12BrN3O/c1-9-7-11(5-6-18-9)14-13(15(17)20-19-14)10-3-2-4-12(16)8-10/h2-8H,17H2,1H3. The summed E-state index contributed by atoms with van der Waals surface area (Å²) in [4.78, 5) is 4.19. The van der Waals surface area contributed by atoms with Gasteiger partial charge in [-0.05, 0) is 36.8 Å². The van der Waals surface area contributed by atoms with E-state index in [2.05, 4.69) is 26.1 Å². The van der Waals surface area contributed by atoms with E-state index in [9.17, 15) is 0 Å². The molecule has 0 saturated heterocycles. The number of hydrogen-bond donors (Lipinski definition) is 1. The van der Waals surface area contributed by atoms with Gasteiger partial charge in [0.15, 0.2) is 0 Å². The second-order valence-corrected chi connectivity index (χ2v) is 5.38. The van der Waals surface area contributed by atoms with E-state index in [1.165, 1.54) is 0 Å². The maximum Gasteiger partial charge on any atom is 0.230 e. The molecule has 3 rings (SSSR count). The molecule has 0 bridgehead atoms. The van der Waals surface area contributed by atoms with Gasteiger partial charge >= 0.3 is 0 Å². The Balaban J connectivity index is 2.20. The van der Waals surface area contributed by atoms with E-state index in [4.69, 9.17) is 10.3 Å². The normalized spacial score (nSPS) is 10.7. The summed E-state index contributed by atoms with van der Waals surface area (Å²) in [6.45, 7) is 1.94. The van der Waals surface area contributed by atoms with Crippen LogP contribution >= 0.6 is 15.9 Å². The van der Waals surface area contributed by atoms with Crippen LogP contribution in [-0.4, -0.2) is 10.1 Å². The first-order chi connectivity index (χ1) is 9.65. The first-order valence-corrected chi connectivity index (χ1v) is 6.88. The quantitative estimate of drug-likeness (QED) is 0.770. The summed E-state index contributed by atoms with van der Waals surface area (Å²) in [5.74, 6) is 0.313. The summed E-state index contributed by atoms with van der Waals surface area (Å²) in [5.41, 5.74) is 10.3. The van der Waals surface area contributed by atoms with Crippen molar-refractivity contribution in [1.82, 2.24) is 10.1 Å². The van der Waals surface area contributed by atoms with E-state index < -0.39 is 0 Å². The van der Waals surface area contributed by atoms with Crippen LogP contribution < -0.4 is 5.73 Å². The fraction of sp³-hybridized carbons (Fsp3) is 0.0667. The first kappa shape index (κ1) is 12.9. The predicted molar refractivity (Wildman–Crippen MR) is 82.0 cm³/mol. The minimum Gasteiger partial charge on any atom is -0.367 e. The zero-order valence-electron chi connectivity index (χ0n) is 10.8.